The van der Waals surface area contributed by atoms with Gasteiger partial charge in [-0.05, 0) is 18.2 Å². The van der Waals surface area contributed by atoms with E-state index in [1.165, 1.54) is 0 Å². The summed E-state index contributed by atoms with van der Waals surface area (Å²) in [6, 6.07) is 7.11. The highest BCUT2D eigenvalue weighted by Crippen LogP contribution is 2.15. The van der Waals surface area contributed by atoms with Crippen LogP contribution in [0.4, 0.5) is 5.69 Å². The zero-order chi connectivity index (χ0) is 15.2. The summed E-state index contributed by atoms with van der Waals surface area (Å²) < 4.78 is 0.838. The van der Waals surface area contributed by atoms with Gasteiger partial charge in [-0.15, -0.1) is 0 Å². The Morgan fingerprint density at radius 2 is 1.95 bits per heavy atom. The predicted octanol–water partition coefficient (Wildman–Crippen LogP) is 0.524. The van der Waals surface area contributed by atoms with Gasteiger partial charge >= 0.3 is 11.8 Å². The molecule has 7 heteroatoms. The van der Waals surface area contributed by atoms with Crippen molar-refractivity contribution in [1.29, 1.82) is 0 Å². The van der Waals surface area contributed by atoms with Crippen molar-refractivity contribution in [3.8, 4) is 0 Å². The van der Waals surface area contributed by atoms with Crippen molar-refractivity contribution in [3.05, 3.63) is 28.7 Å². The van der Waals surface area contributed by atoms with Crippen LogP contribution in [0.5, 0.6) is 0 Å². The van der Waals surface area contributed by atoms with E-state index in [2.05, 4.69) is 26.1 Å². The Balaban J connectivity index is 1.87. The highest BCUT2D eigenvalue weighted by atomic mass is 79.9. The van der Waals surface area contributed by atoms with E-state index in [1.54, 1.807) is 23.1 Å². The molecule has 0 atom stereocenters. The molecule has 0 saturated carbocycles. The molecule has 2 rings (SSSR count). The molecule has 0 radical (unpaired) electrons. The first kappa shape index (κ1) is 15.9. The number of aliphatic hydroxyl groups excluding tert-OH is 1. The third kappa shape index (κ3) is 4.52. The van der Waals surface area contributed by atoms with Gasteiger partial charge in [0, 0.05) is 42.9 Å². The fourth-order valence-electron chi connectivity index (χ4n) is 2.21. The Morgan fingerprint density at radius 1 is 1.24 bits per heavy atom. The first-order valence-electron chi connectivity index (χ1n) is 6.79. The van der Waals surface area contributed by atoms with Crippen LogP contribution in [-0.4, -0.2) is 66.1 Å². The molecular weight excluding hydrogens is 338 g/mol. The van der Waals surface area contributed by atoms with Crippen molar-refractivity contribution in [2.24, 2.45) is 0 Å². The predicted molar refractivity (Wildman–Crippen MR) is 82.9 cm³/mol. The van der Waals surface area contributed by atoms with Gasteiger partial charge in [-0.1, -0.05) is 22.0 Å². The molecule has 1 aliphatic rings. The van der Waals surface area contributed by atoms with Crippen molar-refractivity contribution in [1.82, 2.24) is 9.80 Å². The van der Waals surface area contributed by atoms with Crippen molar-refractivity contribution in [2.75, 3.05) is 44.6 Å². The molecule has 1 heterocycles. The molecule has 114 valence electrons. The first-order valence-corrected chi connectivity index (χ1v) is 7.58. The zero-order valence-corrected chi connectivity index (χ0v) is 13.2. The molecule has 1 fully saturated rings. The summed E-state index contributed by atoms with van der Waals surface area (Å²) in [6.07, 6.45) is 0. The molecule has 0 aromatic heterocycles. The van der Waals surface area contributed by atoms with Crippen molar-refractivity contribution in [2.45, 2.75) is 0 Å². The Kier molecular flexibility index (Phi) is 5.72. The van der Waals surface area contributed by atoms with E-state index < -0.39 is 11.8 Å². The number of nitrogens with zero attached hydrogens (tertiary/aromatic N) is 2. The zero-order valence-electron chi connectivity index (χ0n) is 11.6. The number of carbonyl (C=O) groups is 2. The van der Waals surface area contributed by atoms with Gasteiger partial charge in [-0.2, -0.15) is 0 Å². The maximum absolute atomic E-state index is 12.1. The van der Waals surface area contributed by atoms with Crippen LogP contribution in [0.2, 0.25) is 0 Å². The van der Waals surface area contributed by atoms with E-state index in [4.69, 9.17) is 5.11 Å². The van der Waals surface area contributed by atoms with Crippen LogP contribution in [0.15, 0.2) is 28.7 Å². The van der Waals surface area contributed by atoms with Gasteiger partial charge in [0.25, 0.3) is 0 Å². The van der Waals surface area contributed by atoms with Crippen LogP contribution in [0.25, 0.3) is 0 Å². The molecule has 0 bridgehead atoms. The average molecular weight is 356 g/mol. The number of β-amino-alcohol motifs (C(OH)–C–C–N with tert-alkyl or cyclic N) is 1. The van der Waals surface area contributed by atoms with Crippen LogP contribution in [0.3, 0.4) is 0 Å². The number of carbonyl (C=O) groups excluding carboxylic acids is 2. The minimum atomic E-state index is -0.622. The van der Waals surface area contributed by atoms with Gasteiger partial charge in [0.15, 0.2) is 0 Å². The Bertz CT molecular complexity index is 516. The summed E-state index contributed by atoms with van der Waals surface area (Å²) in [5, 5.41) is 11.5. The second-order valence-corrected chi connectivity index (χ2v) is 5.74. The molecule has 2 N–H and O–H groups in total. The third-order valence-corrected chi connectivity index (χ3v) is 3.85. The van der Waals surface area contributed by atoms with E-state index >= 15 is 0 Å². The molecule has 6 nitrogen and oxygen atoms in total. The van der Waals surface area contributed by atoms with E-state index in [1.807, 2.05) is 6.07 Å². The molecule has 0 aliphatic carbocycles. The Labute approximate surface area is 131 Å². The number of benzene rings is 1. The highest BCUT2D eigenvalue weighted by Gasteiger charge is 2.25. The molecule has 1 aromatic rings. The van der Waals surface area contributed by atoms with E-state index in [0.29, 0.717) is 38.4 Å². The van der Waals surface area contributed by atoms with Crippen molar-refractivity contribution >= 4 is 33.4 Å². The lowest BCUT2D eigenvalue weighted by molar-refractivity contribution is -0.144. The molecule has 0 spiro atoms. The van der Waals surface area contributed by atoms with E-state index in [9.17, 15) is 9.59 Å². The fourth-order valence-corrected chi connectivity index (χ4v) is 2.61. The lowest BCUT2D eigenvalue weighted by Crippen LogP contribution is -2.52. The largest absolute Gasteiger partial charge is 0.395 e. The summed E-state index contributed by atoms with van der Waals surface area (Å²) in [5.41, 5.74) is 0.585. The van der Waals surface area contributed by atoms with Crippen LogP contribution in [0, 0.1) is 0 Å². The summed E-state index contributed by atoms with van der Waals surface area (Å²) in [7, 11) is 0. The number of amides is 2. The summed E-state index contributed by atoms with van der Waals surface area (Å²) in [4.78, 5) is 27.7. The maximum Gasteiger partial charge on any atom is 0.313 e. The summed E-state index contributed by atoms with van der Waals surface area (Å²) in [5.74, 6) is -1.14. The topological polar surface area (TPSA) is 72.9 Å². The number of hydrogen-bond acceptors (Lipinski definition) is 4. The summed E-state index contributed by atoms with van der Waals surface area (Å²) in [6.45, 7) is 3.08. The van der Waals surface area contributed by atoms with Crippen LogP contribution in [0.1, 0.15) is 0 Å². The van der Waals surface area contributed by atoms with E-state index in [-0.39, 0.29) is 6.61 Å². The molecule has 21 heavy (non-hydrogen) atoms. The molecular formula is C14H18BrN3O3. The fraction of sp³-hybridized carbons (Fsp3) is 0.429. The average Bonchev–Trinajstić information content (AvgIpc) is 2.47. The SMILES string of the molecule is O=C(Nc1cccc(Br)c1)C(=O)N1CCN(CCO)CC1. The minimum Gasteiger partial charge on any atom is -0.395 e. The van der Waals surface area contributed by atoms with Gasteiger partial charge in [-0.3, -0.25) is 14.5 Å². The quantitative estimate of drug-likeness (QED) is 0.775. The monoisotopic (exact) mass is 355 g/mol. The Morgan fingerprint density at radius 3 is 2.57 bits per heavy atom. The van der Waals surface area contributed by atoms with Crippen LogP contribution >= 0.6 is 15.9 Å². The molecule has 1 aliphatic heterocycles. The third-order valence-electron chi connectivity index (χ3n) is 3.35. The molecule has 1 saturated heterocycles. The first-order chi connectivity index (χ1) is 10.1. The van der Waals surface area contributed by atoms with E-state index in [0.717, 1.165) is 4.47 Å². The number of halogens is 1. The maximum atomic E-state index is 12.1. The van der Waals surface area contributed by atoms with Crippen LogP contribution < -0.4 is 5.32 Å². The number of nitrogens with one attached hydrogen (secondary N) is 1. The van der Waals surface area contributed by atoms with Gasteiger partial charge in [-0.25, -0.2) is 0 Å². The number of piperazine rings is 1. The second kappa shape index (κ2) is 7.53. The lowest BCUT2D eigenvalue weighted by atomic mass is 10.3. The van der Waals surface area contributed by atoms with Crippen molar-refractivity contribution < 1.29 is 14.7 Å². The van der Waals surface area contributed by atoms with Gasteiger partial charge in [0.1, 0.15) is 0 Å². The summed E-state index contributed by atoms with van der Waals surface area (Å²) >= 11 is 3.31. The number of hydrogen-bond donors (Lipinski definition) is 2. The minimum absolute atomic E-state index is 0.108. The van der Waals surface area contributed by atoms with Crippen LogP contribution in [-0.2, 0) is 9.59 Å². The number of aliphatic hydroxyl groups is 1. The second-order valence-electron chi connectivity index (χ2n) is 4.82. The lowest BCUT2D eigenvalue weighted by Gasteiger charge is -2.33. The highest BCUT2D eigenvalue weighted by molar-refractivity contribution is 9.10. The van der Waals surface area contributed by atoms with Gasteiger partial charge in [0.2, 0.25) is 0 Å². The smallest absolute Gasteiger partial charge is 0.313 e. The normalized spacial score (nSPS) is 15.8. The molecule has 2 amide bonds. The number of anilines is 1. The Hall–Kier alpha value is -1.44. The van der Waals surface area contributed by atoms with Crippen molar-refractivity contribution in [3.63, 3.8) is 0 Å². The molecule has 0 unspecified atom stereocenters. The van der Waals surface area contributed by atoms with Gasteiger partial charge < -0.3 is 15.3 Å². The molecule has 1 aromatic carbocycles. The number of rotatable bonds is 3. The standard InChI is InChI=1S/C14H18BrN3O3/c15-11-2-1-3-12(10-11)16-13(20)14(21)18-6-4-17(5-7-18)8-9-19/h1-3,10,19H,4-9H2,(H,16,20). The van der Waals surface area contributed by atoms with Gasteiger partial charge in [0.05, 0.1) is 6.61 Å².